The van der Waals surface area contributed by atoms with Crippen molar-refractivity contribution in [2.24, 2.45) is 23.2 Å². The monoisotopic (exact) mass is 491 g/mol. The Hall–Kier alpha value is -1.49. The minimum Gasteiger partial charge on any atom is -0.493 e. The minimum atomic E-state index is -0.376. The van der Waals surface area contributed by atoms with Gasteiger partial charge in [0.05, 0.1) is 17.2 Å². The van der Waals surface area contributed by atoms with Crippen molar-refractivity contribution in [1.82, 2.24) is 5.32 Å². The third-order valence-electron chi connectivity index (χ3n) is 8.29. The molecular formula is C27H32Cl2FNO2. The lowest BCUT2D eigenvalue weighted by molar-refractivity contribution is -0.0706. The van der Waals surface area contributed by atoms with Crippen molar-refractivity contribution in [2.75, 3.05) is 7.11 Å². The van der Waals surface area contributed by atoms with Gasteiger partial charge in [0, 0.05) is 18.2 Å². The Morgan fingerprint density at radius 1 is 1.03 bits per heavy atom. The van der Waals surface area contributed by atoms with Crippen LogP contribution in [0.3, 0.4) is 0 Å². The highest BCUT2D eigenvalue weighted by molar-refractivity contribution is 6.32. The molecule has 178 valence electrons. The molecule has 0 amide bonds. The Balaban J connectivity index is 1.25. The summed E-state index contributed by atoms with van der Waals surface area (Å²) in [4.78, 5) is 0. The molecule has 4 bridgehead atoms. The fraction of sp³-hybridized carbons (Fsp3) is 0.556. The highest BCUT2D eigenvalue weighted by Gasteiger charge is 2.52. The zero-order valence-corrected chi connectivity index (χ0v) is 20.8. The lowest BCUT2D eigenvalue weighted by Gasteiger charge is -2.59. The molecular weight excluding hydrogens is 460 g/mol. The summed E-state index contributed by atoms with van der Waals surface area (Å²) in [5, 5.41) is 4.63. The van der Waals surface area contributed by atoms with Crippen LogP contribution in [0.4, 0.5) is 4.39 Å². The van der Waals surface area contributed by atoms with Crippen LogP contribution in [0.25, 0.3) is 0 Å². The summed E-state index contributed by atoms with van der Waals surface area (Å²) >= 11 is 12.7. The molecule has 4 fully saturated rings. The molecule has 6 heteroatoms. The molecule has 2 aromatic carbocycles. The van der Waals surface area contributed by atoms with Gasteiger partial charge in [-0.3, -0.25) is 0 Å². The van der Waals surface area contributed by atoms with Gasteiger partial charge in [-0.15, -0.1) is 0 Å². The molecule has 1 atom stereocenters. The Bertz CT molecular complexity index is 992. The largest absolute Gasteiger partial charge is 0.493 e. The van der Waals surface area contributed by atoms with E-state index in [9.17, 15) is 4.39 Å². The van der Waals surface area contributed by atoms with E-state index in [1.54, 1.807) is 13.2 Å². The quantitative estimate of drug-likeness (QED) is 0.416. The Kier molecular flexibility index (Phi) is 6.54. The predicted octanol–water partition coefficient (Wildman–Crippen LogP) is 7.41. The summed E-state index contributed by atoms with van der Waals surface area (Å²) in [6.45, 7) is 3.29. The lowest BCUT2D eigenvalue weighted by Crippen LogP contribution is -2.54. The SMILES string of the molecule is COc1cc(CNC(C)C23CC4CC(CC(C4)C2)C3)cc(Cl)c1OCc1ccc(F)cc1Cl. The Morgan fingerprint density at radius 2 is 1.70 bits per heavy atom. The molecule has 4 aliphatic rings. The summed E-state index contributed by atoms with van der Waals surface area (Å²) in [6, 6.07) is 8.65. The fourth-order valence-corrected chi connectivity index (χ4v) is 7.51. The predicted molar refractivity (Wildman–Crippen MR) is 131 cm³/mol. The van der Waals surface area contributed by atoms with Crippen LogP contribution in [0.5, 0.6) is 11.5 Å². The van der Waals surface area contributed by atoms with Gasteiger partial charge >= 0.3 is 0 Å². The second-order valence-corrected chi connectivity index (χ2v) is 11.3. The summed E-state index contributed by atoms with van der Waals surface area (Å²) in [7, 11) is 1.61. The molecule has 1 N–H and O–H groups in total. The van der Waals surface area contributed by atoms with Crippen molar-refractivity contribution >= 4 is 23.2 Å². The molecule has 2 aromatic rings. The van der Waals surface area contributed by atoms with Crippen LogP contribution in [0.15, 0.2) is 30.3 Å². The van der Waals surface area contributed by atoms with Crippen LogP contribution in [0.1, 0.15) is 56.6 Å². The normalized spacial score (nSPS) is 28.7. The van der Waals surface area contributed by atoms with Gasteiger partial charge in [0.15, 0.2) is 11.5 Å². The average molecular weight is 492 g/mol. The smallest absolute Gasteiger partial charge is 0.180 e. The van der Waals surface area contributed by atoms with Gasteiger partial charge in [0.2, 0.25) is 0 Å². The molecule has 0 saturated heterocycles. The van der Waals surface area contributed by atoms with E-state index in [1.807, 2.05) is 12.1 Å². The maximum Gasteiger partial charge on any atom is 0.180 e. The minimum absolute atomic E-state index is 0.176. The maximum atomic E-state index is 13.3. The fourth-order valence-electron chi connectivity index (χ4n) is 7.00. The van der Waals surface area contributed by atoms with Crippen molar-refractivity contribution in [2.45, 2.75) is 64.6 Å². The van der Waals surface area contributed by atoms with Crippen LogP contribution in [-0.2, 0) is 13.2 Å². The number of ether oxygens (including phenoxy) is 2. The number of benzene rings is 2. The van der Waals surface area contributed by atoms with E-state index in [4.69, 9.17) is 32.7 Å². The second-order valence-electron chi connectivity index (χ2n) is 10.5. The van der Waals surface area contributed by atoms with Gasteiger partial charge in [-0.25, -0.2) is 4.39 Å². The molecule has 0 heterocycles. The number of halogens is 3. The van der Waals surface area contributed by atoms with Crippen LogP contribution in [0, 0.1) is 29.0 Å². The molecule has 1 unspecified atom stereocenters. The highest BCUT2D eigenvalue weighted by Crippen LogP contribution is 2.61. The first-order chi connectivity index (χ1) is 15.8. The summed E-state index contributed by atoms with van der Waals surface area (Å²) in [5.41, 5.74) is 2.21. The number of methoxy groups -OCH3 is 1. The zero-order valence-electron chi connectivity index (χ0n) is 19.3. The van der Waals surface area contributed by atoms with Crippen molar-refractivity contribution in [1.29, 1.82) is 0 Å². The van der Waals surface area contributed by atoms with Gasteiger partial charge in [-0.1, -0.05) is 29.3 Å². The third-order valence-corrected chi connectivity index (χ3v) is 8.93. The average Bonchev–Trinajstić information content (AvgIpc) is 2.76. The molecule has 3 nitrogen and oxygen atoms in total. The molecule has 6 rings (SSSR count). The van der Waals surface area contributed by atoms with Gasteiger partial charge in [-0.05, 0) is 98.4 Å². The first-order valence-corrected chi connectivity index (χ1v) is 12.8. The molecule has 0 aliphatic heterocycles. The van der Waals surface area contributed by atoms with Crippen molar-refractivity contribution < 1.29 is 13.9 Å². The summed E-state index contributed by atoms with van der Waals surface area (Å²) < 4.78 is 24.8. The first-order valence-electron chi connectivity index (χ1n) is 12.0. The van der Waals surface area contributed by atoms with Gasteiger partial charge in [0.25, 0.3) is 0 Å². The van der Waals surface area contributed by atoms with E-state index < -0.39 is 0 Å². The Morgan fingerprint density at radius 3 is 2.30 bits per heavy atom. The summed E-state index contributed by atoms with van der Waals surface area (Å²) in [5.74, 6) is 3.51. The molecule has 0 radical (unpaired) electrons. The van der Waals surface area contributed by atoms with Crippen molar-refractivity contribution in [3.05, 3.63) is 57.3 Å². The first kappa shape index (κ1) is 23.3. The van der Waals surface area contributed by atoms with Crippen LogP contribution < -0.4 is 14.8 Å². The van der Waals surface area contributed by atoms with E-state index >= 15 is 0 Å². The number of nitrogens with one attached hydrogen (secondary N) is 1. The van der Waals surface area contributed by atoms with Crippen LogP contribution >= 0.6 is 23.2 Å². The van der Waals surface area contributed by atoms with Gasteiger partial charge in [0.1, 0.15) is 12.4 Å². The lowest BCUT2D eigenvalue weighted by atomic mass is 9.48. The van der Waals surface area contributed by atoms with Crippen molar-refractivity contribution in [3.63, 3.8) is 0 Å². The van der Waals surface area contributed by atoms with Crippen molar-refractivity contribution in [3.8, 4) is 11.5 Å². The van der Waals surface area contributed by atoms with E-state index in [0.717, 1.165) is 29.9 Å². The third kappa shape index (κ3) is 4.72. The van der Waals surface area contributed by atoms with E-state index in [1.165, 1.54) is 50.7 Å². The molecule has 33 heavy (non-hydrogen) atoms. The number of rotatable bonds is 8. The van der Waals surface area contributed by atoms with Gasteiger partial charge < -0.3 is 14.8 Å². The highest BCUT2D eigenvalue weighted by atomic mass is 35.5. The topological polar surface area (TPSA) is 30.5 Å². The van der Waals surface area contributed by atoms with E-state index in [0.29, 0.717) is 38.6 Å². The van der Waals surface area contributed by atoms with Gasteiger partial charge in [-0.2, -0.15) is 0 Å². The molecule has 0 spiro atoms. The second kappa shape index (κ2) is 9.28. The molecule has 0 aromatic heterocycles. The standard InChI is InChI=1S/C27H32Cl2FNO2/c1-16(27-11-17-5-18(12-27)7-19(6-17)13-27)31-14-20-8-24(29)26(25(9-20)32-2)33-15-21-3-4-22(30)10-23(21)28/h3-4,8-10,16-19,31H,5-7,11-15H2,1-2H3. The molecule has 4 saturated carbocycles. The number of hydrogen-bond donors (Lipinski definition) is 1. The van der Waals surface area contributed by atoms with E-state index in [2.05, 4.69) is 12.2 Å². The van der Waals surface area contributed by atoms with Crippen LogP contribution in [-0.4, -0.2) is 13.2 Å². The number of hydrogen-bond acceptors (Lipinski definition) is 3. The maximum absolute atomic E-state index is 13.3. The van der Waals surface area contributed by atoms with E-state index in [-0.39, 0.29) is 12.4 Å². The Labute approximate surface area is 205 Å². The summed E-state index contributed by atoms with van der Waals surface area (Å²) in [6.07, 6.45) is 8.54. The zero-order chi connectivity index (χ0) is 23.2. The molecule has 4 aliphatic carbocycles. The van der Waals surface area contributed by atoms with Crippen LogP contribution in [0.2, 0.25) is 10.0 Å².